The van der Waals surface area contributed by atoms with Crippen LogP contribution >= 0.6 is 11.8 Å². The summed E-state index contributed by atoms with van der Waals surface area (Å²) in [7, 11) is 1.58. The normalized spacial score (nSPS) is 10.4. The minimum absolute atomic E-state index is 0.249. The molecule has 134 valence electrons. The summed E-state index contributed by atoms with van der Waals surface area (Å²) >= 11 is 1.47. The van der Waals surface area contributed by atoms with E-state index >= 15 is 0 Å². The van der Waals surface area contributed by atoms with Gasteiger partial charge in [0.15, 0.2) is 5.16 Å². The number of nitrogens with one attached hydrogen (secondary N) is 4. The van der Waals surface area contributed by atoms with E-state index in [-0.39, 0.29) is 6.03 Å². The van der Waals surface area contributed by atoms with Crippen molar-refractivity contribution in [3.63, 3.8) is 0 Å². The number of anilines is 3. The molecule has 0 atom stereocenters. The summed E-state index contributed by atoms with van der Waals surface area (Å²) in [6.45, 7) is 3.91. The highest BCUT2D eigenvalue weighted by Gasteiger charge is 2.09. The highest BCUT2D eigenvalue weighted by Crippen LogP contribution is 2.30. The average molecular weight is 369 g/mol. The summed E-state index contributed by atoms with van der Waals surface area (Å²) < 4.78 is 0. The van der Waals surface area contributed by atoms with E-state index in [0.29, 0.717) is 11.0 Å². The number of carbonyl (C=O) groups is 1. The van der Waals surface area contributed by atoms with Crippen LogP contribution < -0.4 is 16.0 Å². The number of amides is 2. The van der Waals surface area contributed by atoms with Crippen molar-refractivity contribution in [2.75, 3.05) is 17.7 Å². The van der Waals surface area contributed by atoms with Gasteiger partial charge < -0.3 is 16.0 Å². The van der Waals surface area contributed by atoms with E-state index in [1.165, 1.54) is 11.8 Å². The lowest BCUT2D eigenvalue weighted by molar-refractivity contribution is 0.254. The van der Waals surface area contributed by atoms with E-state index in [0.717, 1.165) is 27.7 Å². The van der Waals surface area contributed by atoms with Gasteiger partial charge >= 0.3 is 6.03 Å². The molecule has 8 nitrogen and oxygen atoms in total. The lowest BCUT2D eigenvalue weighted by Crippen LogP contribution is -2.24. The topological polar surface area (TPSA) is 108 Å². The van der Waals surface area contributed by atoms with Gasteiger partial charge in [0.25, 0.3) is 0 Å². The molecule has 0 unspecified atom stereocenters. The van der Waals surface area contributed by atoms with Crippen LogP contribution in [-0.2, 0) is 0 Å². The Morgan fingerprint density at radius 3 is 2.69 bits per heavy atom. The lowest BCUT2D eigenvalue weighted by Gasteiger charge is -2.10. The van der Waals surface area contributed by atoms with Gasteiger partial charge in [0.1, 0.15) is 11.6 Å². The molecule has 0 aliphatic heterocycles. The van der Waals surface area contributed by atoms with Gasteiger partial charge in [-0.15, -0.1) is 0 Å². The zero-order chi connectivity index (χ0) is 18.5. The minimum atomic E-state index is -0.249. The van der Waals surface area contributed by atoms with Crippen LogP contribution in [-0.4, -0.2) is 33.2 Å². The van der Waals surface area contributed by atoms with Crippen LogP contribution in [0.15, 0.2) is 46.6 Å². The summed E-state index contributed by atoms with van der Waals surface area (Å²) in [6, 6.07) is 9.15. The van der Waals surface area contributed by atoms with Gasteiger partial charge in [-0.1, -0.05) is 0 Å². The third-order valence-corrected chi connectivity index (χ3v) is 4.50. The second-order valence-corrected chi connectivity index (χ2v) is 6.57. The zero-order valence-corrected chi connectivity index (χ0v) is 15.4. The van der Waals surface area contributed by atoms with Crippen LogP contribution in [0.3, 0.4) is 0 Å². The van der Waals surface area contributed by atoms with Gasteiger partial charge in [-0.25, -0.2) is 14.8 Å². The minimum Gasteiger partial charge on any atom is -0.341 e. The molecule has 0 aliphatic carbocycles. The van der Waals surface area contributed by atoms with E-state index in [9.17, 15) is 4.79 Å². The Hall–Kier alpha value is -3.07. The molecule has 0 saturated carbocycles. The number of rotatable bonds is 5. The molecule has 0 spiro atoms. The maximum atomic E-state index is 11.4. The molecule has 4 N–H and O–H groups in total. The average Bonchev–Trinajstić information content (AvgIpc) is 3.09. The van der Waals surface area contributed by atoms with Crippen molar-refractivity contribution >= 4 is 35.1 Å². The predicted molar refractivity (Wildman–Crippen MR) is 102 cm³/mol. The highest BCUT2D eigenvalue weighted by molar-refractivity contribution is 7.99. The number of nitrogens with zero attached hydrogens (tertiary/aromatic N) is 3. The van der Waals surface area contributed by atoms with Crippen molar-refractivity contribution in [1.82, 2.24) is 25.5 Å². The Morgan fingerprint density at radius 1 is 1.15 bits per heavy atom. The molecule has 9 heteroatoms. The molecule has 3 rings (SSSR count). The van der Waals surface area contributed by atoms with E-state index in [1.54, 1.807) is 13.2 Å². The Kier molecular flexibility index (Phi) is 5.37. The van der Waals surface area contributed by atoms with Crippen LogP contribution in [0.4, 0.5) is 22.1 Å². The molecular weight excluding hydrogens is 350 g/mol. The molecule has 2 heterocycles. The van der Waals surface area contributed by atoms with Gasteiger partial charge in [-0.05, 0) is 49.4 Å². The van der Waals surface area contributed by atoms with Gasteiger partial charge in [0.2, 0.25) is 0 Å². The largest absolute Gasteiger partial charge is 0.341 e. The maximum Gasteiger partial charge on any atom is 0.318 e. The van der Waals surface area contributed by atoms with Crippen molar-refractivity contribution in [3.05, 3.63) is 47.8 Å². The third-order valence-electron chi connectivity index (χ3n) is 3.46. The first kappa shape index (κ1) is 17.7. The van der Waals surface area contributed by atoms with Gasteiger partial charge in [-0.2, -0.15) is 5.10 Å². The first-order valence-corrected chi connectivity index (χ1v) is 8.74. The van der Waals surface area contributed by atoms with Gasteiger partial charge in [0, 0.05) is 35.5 Å². The SMILES string of the molecule is CNC(=O)Nc1ccc(Sc2nc(C)cc(Nc3ccn[nH]3)n2)c(C)c1. The summed E-state index contributed by atoms with van der Waals surface area (Å²) in [5.41, 5.74) is 2.62. The fraction of sp³-hybridized carbons (Fsp3) is 0.176. The van der Waals surface area contributed by atoms with Crippen LogP contribution in [0.1, 0.15) is 11.3 Å². The lowest BCUT2D eigenvalue weighted by atomic mass is 10.2. The van der Waals surface area contributed by atoms with E-state index in [4.69, 9.17) is 0 Å². The van der Waals surface area contributed by atoms with Crippen molar-refractivity contribution < 1.29 is 4.79 Å². The maximum absolute atomic E-state index is 11.4. The van der Waals surface area contributed by atoms with Gasteiger partial charge in [-0.3, -0.25) is 5.10 Å². The molecule has 2 aromatic heterocycles. The van der Waals surface area contributed by atoms with Gasteiger partial charge in [0.05, 0.1) is 6.20 Å². The molecule has 2 amide bonds. The Balaban J connectivity index is 1.78. The molecule has 0 saturated heterocycles. The number of carbonyl (C=O) groups excluding carboxylic acids is 1. The number of aromatic nitrogens is 4. The Bertz CT molecular complexity index is 911. The molecule has 0 fully saturated rings. The van der Waals surface area contributed by atoms with Crippen LogP contribution in [0.25, 0.3) is 0 Å². The second kappa shape index (κ2) is 7.87. The fourth-order valence-corrected chi connectivity index (χ4v) is 3.13. The molecule has 3 aromatic rings. The number of aromatic amines is 1. The summed E-state index contributed by atoms with van der Waals surface area (Å²) in [6.07, 6.45) is 1.67. The van der Waals surface area contributed by atoms with Crippen molar-refractivity contribution in [2.24, 2.45) is 0 Å². The van der Waals surface area contributed by atoms with Crippen molar-refractivity contribution in [2.45, 2.75) is 23.9 Å². The number of hydrogen-bond donors (Lipinski definition) is 4. The van der Waals surface area contributed by atoms with E-state index < -0.39 is 0 Å². The highest BCUT2D eigenvalue weighted by atomic mass is 32.2. The molecular formula is C17H19N7OS. The number of urea groups is 1. The Morgan fingerprint density at radius 2 is 2.00 bits per heavy atom. The molecule has 0 bridgehead atoms. The zero-order valence-electron chi connectivity index (χ0n) is 14.6. The van der Waals surface area contributed by atoms with Crippen molar-refractivity contribution in [1.29, 1.82) is 0 Å². The van der Waals surface area contributed by atoms with Crippen molar-refractivity contribution in [3.8, 4) is 0 Å². The van der Waals surface area contributed by atoms with E-state index in [2.05, 4.69) is 36.1 Å². The number of hydrogen-bond acceptors (Lipinski definition) is 6. The monoisotopic (exact) mass is 369 g/mol. The molecule has 0 radical (unpaired) electrons. The number of H-pyrrole nitrogens is 1. The quantitative estimate of drug-likeness (QED) is 0.513. The summed E-state index contributed by atoms with van der Waals surface area (Å²) in [5.74, 6) is 1.46. The number of benzene rings is 1. The Labute approximate surface area is 155 Å². The summed E-state index contributed by atoms with van der Waals surface area (Å²) in [4.78, 5) is 21.5. The number of aryl methyl sites for hydroxylation is 2. The first-order chi connectivity index (χ1) is 12.5. The summed E-state index contributed by atoms with van der Waals surface area (Å²) in [5, 5.41) is 15.8. The van der Waals surface area contributed by atoms with Crippen LogP contribution in [0, 0.1) is 13.8 Å². The molecule has 26 heavy (non-hydrogen) atoms. The first-order valence-electron chi connectivity index (χ1n) is 7.93. The molecule has 0 aliphatic rings. The van der Waals surface area contributed by atoms with Crippen LogP contribution in [0.5, 0.6) is 0 Å². The van der Waals surface area contributed by atoms with E-state index in [1.807, 2.05) is 44.2 Å². The van der Waals surface area contributed by atoms with Crippen LogP contribution in [0.2, 0.25) is 0 Å². The standard InChI is InChI=1S/C17H19N7OS/c1-10-8-12(21-16(25)18-3)4-5-13(10)26-17-20-11(2)9-15(23-17)22-14-6-7-19-24-14/h4-9H,1-3H3,(H2,18,21,25)(H2,19,20,22,23,24). The smallest absolute Gasteiger partial charge is 0.318 e. The predicted octanol–water partition coefficient (Wildman–Crippen LogP) is 3.46. The third kappa shape index (κ3) is 4.51. The fourth-order valence-electron chi connectivity index (χ4n) is 2.25. The molecule has 1 aromatic carbocycles. The second-order valence-electron chi connectivity index (χ2n) is 5.56.